The Morgan fingerprint density at radius 3 is 1.23 bits per heavy atom. The van der Waals surface area contributed by atoms with E-state index in [-0.39, 0.29) is 45.6 Å². The highest BCUT2D eigenvalue weighted by Crippen LogP contribution is 2.56. The normalized spacial score (nSPS) is 29.5. The summed E-state index contributed by atoms with van der Waals surface area (Å²) >= 11 is 0. The number of nitrogens with zero attached hydrogens (tertiary/aromatic N) is 7. The molecule has 5 unspecified atom stereocenters. The molecule has 5 spiro atoms. The van der Waals surface area contributed by atoms with Gasteiger partial charge in [-0.2, -0.15) is 0 Å². The van der Waals surface area contributed by atoms with Crippen LogP contribution in [0.2, 0.25) is 0 Å². The van der Waals surface area contributed by atoms with Crippen LogP contribution in [0.3, 0.4) is 0 Å². The molecule has 14 heteroatoms. The zero-order valence-electron chi connectivity index (χ0n) is 62.0. The van der Waals surface area contributed by atoms with Crippen molar-refractivity contribution >= 4 is 40.0 Å². The summed E-state index contributed by atoms with van der Waals surface area (Å²) in [5, 5.41) is 28.8. The monoisotopic (exact) mass is 1380 g/mol. The van der Waals surface area contributed by atoms with Crippen LogP contribution >= 0.6 is 0 Å². The quantitative estimate of drug-likeness (QED) is 0.147. The molecule has 14 aliphatic rings. The summed E-state index contributed by atoms with van der Waals surface area (Å²) in [6, 6.07) is 60.1. The lowest BCUT2D eigenvalue weighted by molar-refractivity contribution is -0.119. The van der Waals surface area contributed by atoms with Gasteiger partial charge in [0.2, 0.25) is 0 Å². The Kier molecular flexibility index (Phi) is 19.2. The van der Waals surface area contributed by atoms with Crippen LogP contribution in [0.1, 0.15) is 236 Å². The SMILES string of the molecule is CC1=NOC2c3ccccc3CC12.CC1=NOC2c3ccccc3CCC12.CC1=NO[C@]2(C1)c1ccccc1CCC2(C)C.CC1=NO[C@]2(C1)c1ccccc1CCC2C.CC1=NO[C@]2(CCCc3ccccc32)C1.CC1=NO[C@]2(CCc3ccccc32)C1.CC1=NO[C@]2(CCc3ccccc32)C1. The first-order valence-corrected chi connectivity index (χ1v) is 38.0. The molecular weight excluding hydrogens is 1280 g/mol. The molecule has 10 atom stereocenters. The summed E-state index contributed by atoms with van der Waals surface area (Å²) in [4.78, 5) is 39.6. The lowest BCUT2D eigenvalue weighted by Crippen LogP contribution is -2.46. The van der Waals surface area contributed by atoms with Crippen molar-refractivity contribution in [3.8, 4) is 0 Å². The molecule has 0 bridgehead atoms. The molecule has 0 fully saturated rings. The van der Waals surface area contributed by atoms with Crippen LogP contribution in [0, 0.1) is 23.2 Å². The first kappa shape index (κ1) is 69.5. The van der Waals surface area contributed by atoms with Crippen molar-refractivity contribution < 1.29 is 33.9 Å². The number of fused-ring (bicyclic) bond motifs is 16. The third-order valence-electron chi connectivity index (χ3n) is 24.6. The van der Waals surface area contributed by atoms with Crippen LogP contribution in [-0.4, -0.2) is 40.0 Å². The smallest absolute Gasteiger partial charge is 0.173 e. The van der Waals surface area contributed by atoms with Gasteiger partial charge in [-0.25, -0.2) is 0 Å². The predicted octanol–water partition coefficient (Wildman–Crippen LogP) is 20.2. The highest BCUT2D eigenvalue weighted by Gasteiger charge is 2.55. The maximum Gasteiger partial charge on any atom is 0.173 e. The van der Waals surface area contributed by atoms with E-state index in [0.717, 1.165) is 130 Å². The van der Waals surface area contributed by atoms with Crippen LogP contribution < -0.4 is 0 Å². The number of oxime groups is 7. The van der Waals surface area contributed by atoms with E-state index < -0.39 is 0 Å². The van der Waals surface area contributed by atoms with Gasteiger partial charge in [-0.3, -0.25) is 0 Å². The molecule has 534 valence electrons. The zero-order chi connectivity index (χ0) is 71.1. The Labute approximate surface area is 609 Å². The Bertz CT molecular complexity index is 4480. The fraction of sp³-hybridized carbons (Fsp3) is 0.449. The molecule has 7 aromatic rings. The molecule has 7 aromatic carbocycles. The van der Waals surface area contributed by atoms with Crippen molar-refractivity contribution in [2.24, 2.45) is 59.3 Å². The van der Waals surface area contributed by atoms with Crippen LogP contribution in [0.5, 0.6) is 0 Å². The number of hydrogen-bond donors (Lipinski definition) is 0. The highest BCUT2D eigenvalue weighted by atomic mass is 16.7. The van der Waals surface area contributed by atoms with Crippen molar-refractivity contribution in [2.45, 2.75) is 231 Å². The predicted molar refractivity (Wildman–Crippen MR) is 410 cm³/mol. The minimum absolute atomic E-state index is 0.110. The van der Waals surface area contributed by atoms with Crippen molar-refractivity contribution in [3.63, 3.8) is 0 Å². The van der Waals surface area contributed by atoms with Crippen LogP contribution in [0.15, 0.2) is 206 Å². The van der Waals surface area contributed by atoms with Crippen LogP contribution in [-0.2, 0) is 107 Å². The molecule has 7 aliphatic heterocycles. The maximum absolute atomic E-state index is 5.92. The van der Waals surface area contributed by atoms with Crippen molar-refractivity contribution in [3.05, 3.63) is 248 Å². The van der Waals surface area contributed by atoms with E-state index in [1.54, 1.807) is 0 Å². The van der Waals surface area contributed by atoms with Crippen LogP contribution in [0.25, 0.3) is 0 Å². The lowest BCUT2D eigenvalue weighted by atomic mass is 9.61. The van der Waals surface area contributed by atoms with Gasteiger partial charge in [0.05, 0.1) is 40.0 Å². The summed E-state index contributed by atoms with van der Waals surface area (Å²) in [5.74, 6) is 1.56. The van der Waals surface area contributed by atoms with Gasteiger partial charge >= 0.3 is 0 Å². The third kappa shape index (κ3) is 13.2. The van der Waals surface area contributed by atoms with Gasteiger partial charge in [-0.05, 0) is 188 Å². The molecular formula is C89H101N7O7. The van der Waals surface area contributed by atoms with Crippen molar-refractivity contribution in [2.75, 3.05) is 0 Å². The van der Waals surface area contributed by atoms with E-state index in [4.69, 9.17) is 33.9 Å². The topological polar surface area (TPSA) is 151 Å². The molecule has 7 heterocycles. The zero-order valence-corrected chi connectivity index (χ0v) is 62.0. The molecule has 21 rings (SSSR count). The first-order chi connectivity index (χ1) is 49.9. The van der Waals surface area contributed by atoms with E-state index in [1.165, 1.54) is 110 Å². The van der Waals surface area contributed by atoms with Gasteiger partial charge in [0.15, 0.2) is 40.2 Å². The van der Waals surface area contributed by atoms with Gasteiger partial charge in [-0.15, -0.1) is 0 Å². The summed E-state index contributed by atoms with van der Waals surface area (Å²) in [6.07, 6.45) is 21.2. The number of hydrogen-bond acceptors (Lipinski definition) is 14. The van der Waals surface area contributed by atoms with Crippen molar-refractivity contribution in [1.82, 2.24) is 0 Å². The van der Waals surface area contributed by atoms with Crippen LogP contribution in [0.4, 0.5) is 0 Å². The van der Waals surface area contributed by atoms with Gasteiger partial charge < -0.3 is 33.9 Å². The molecule has 0 saturated carbocycles. The summed E-state index contributed by atoms with van der Waals surface area (Å²) in [7, 11) is 0. The molecule has 0 saturated heterocycles. The maximum atomic E-state index is 5.92. The first-order valence-electron chi connectivity index (χ1n) is 38.0. The molecule has 0 amide bonds. The Balaban J connectivity index is 0.0000000970. The standard InChI is InChI=1S/C15H19NO.C14H17NO.C13H15NO.3C12H13NO.C11H11NO/c1-11-10-15(17-16-11)13-7-5-4-6-12(13)8-9-14(15,2)3;1-10-7-8-12-5-3-4-6-13(12)14(10)9-11(2)15-16-14;1-10-9-13(15-14-10)8-4-6-11-5-2-3-7-12(11)13;2*1-9-8-12(14-13-9)7-6-10-4-2-3-5-11(10)12;1-8-10-7-6-9-4-2-3-5-11(9)12(10)14-13-8;1-7-10-6-8-4-2-3-5-9(8)11(10)13-12-7/h4-7H,8-10H2,1-3H3;3-6,10H,7-9H2,1-2H3;2-3,5,7H,4,6,8-9H2,1H3;2*2-5H,6-8H2,1H3;2-5,10,12H,6-7H2,1H3;2-5,10-11H,6H2,1H3/t15-;10?,14-;13-;2*12-;;/m10111../s1. The van der Waals surface area contributed by atoms with Gasteiger partial charge in [0.25, 0.3) is 0 Å². The minimum atomic E-state index is -0.230. The number of aryl methyl sites for hydroxylation is 6. The molecule has 0 aromatic heterocycles. The number of rotatable bonds is 0. The summed E-state index contributed by atoms with van der Waals surface area (Å²) in [6.45, 7) is 21.2. The minimum Gasteiger partial charge on any atom is -0.387 e. The third-order valence-corrected chi connectivity index (χ3v) is 24.6. The molecule has 0 N–H and O–H groups in total. The Hall–Kier alpha value is -9.17. The van der Waals surface area contributed by atoms with Gasteiger partial charge in [0.1, 0.15) is 0 Å². The largest absolute Gasteiger partial charge is 0.387 e. The molecule has 103 heavy (non-hydrogen) atoms. The second-order valence-corrected chi connectivity index (χ2v) is 32.0. The average Bonchev–Trinajstić information content (AvgIpc) is 1.73. The molecule has 14 nitrogen and oxygen atoms in total. The fourth-order valence-electron chi connectivity index (χ4n) is 19.0. The fourth-order valence-corrected chi connectivity index (χ4v) is 19.0. The van der Waals surface area contributed by atoms with E-state index >= 15 is 0 Å². The van der Waals surface area contributed by atoms with E-state index in [1.807, 2.05) is 20.8 Å². The average molecular weight is 1380 g/mol. The van der Waals surface area contributed by atoms with Crippen molar-refractivity contribution in [1.29, 1.82) is 0 Å². The van der Waals surface area contributed by atoms with Gasteiger partial charge in [0, 0.05) is 83.1 Å². The molecule has 7 aliphatic carbocycles. The van der Waals surface area contributed by atoms with E-state index in [9.17, 15) is 0 Å². The molecule has 0 radical (unpaired) electrons. The Morgan fingerprint density at radius 2 is 0.718 bits per heavy atom. The second-order valence-electron chi connectivity index (χ2n) is 32.0. The highest BCUT2D eigenvalue weighted by molar-refractivity contribution is 5.88. The lowest BCUT2D eigenvalue weighted by Gasteiger charge is -2.46. The van der Waals surface area contributed by atoms with Gasteiger partial charge in [-0.1, -0.05) is 227 Å². The van der Waals surface area contributed by atoms with E-state index in [2.05, 4.69) is 254 Å². The summed E-state index contributed by atoms with van der Waals surface area (Å²) in [5.41, 5.74) is 26.7. The van der Waals surface area contributed by atoms with E-state index in [0.29, 0.717) is 17.8 Å². The summed E-state index contributed by atoms with van der Waals surface area (Å²) < 4.78 is 0. The second kappa shape index (κ2) is 28.5. The Morgan fingerprint density at radius 1 is 0.330 bits per heavy atom. The number of benzene rings is 7.